The van der Waals surface area contributed by atoms with Gasteiger partial charge in [0.15, 0.2) is 6.10 Å². The van der Waals surface area contributed by atoms with Crippen LogP contribution < -0.4 is 5.73 Å². The molecule has 9 nitrogen and oxygen atoms in total. The first-order valence-electron chi connectivity index (χ1n) is 33.4. The average Bonchev–Trinajstić information content (AvgIpc) is 3.44. The second kappa shape index (κ2) is 64.6. The van der Waals surface area contributed by atoms with Gasteiger partial charge in [0.25, 0.3) is 0 Å². The largest absolute Gasteiger partial charge is 0.472 e. The summed E-state index contributed by atoms with van der Waals surface area (Å²) in [6, 6.07) is 0. The monoisotopic (exact) mass is 1130 g/mol. The molecule has 3 N–H and O–H groups in total. The van der Waals surface area contributed by atoms with Gasteiger partial charge in [-0.05, 0) is 83.5 Å². The van der Waals surface area contributed by atoms with Crippen molar-refractivity contribution in [2.45, 2.75) is 328 Å². The van der Waals surface area contributed by atoms with Crippen molar-refractivity contribution < 1.29 is 37.6 Å². The molecule has 0 radical (unpaired) electrons. The fourth-order valence-corrected chi connectivity index (χ4v) is 10.4. The summed E-state index contributed by atoms with van der Waals surface area (Å²) in [7, 11) is -4.39. The Balaban J connectivity index is 3.87. The van der Waals surface area contributed by atoms with Gasteiger partial charge in [-0.2, -0.15) is 0 Å². The molecule has 0 saturated heterocycles. The fourth-order valence-electron chi connectivity index (χ4n) is 9.66. The van der Waals surface area contributed by atoms with Crippen LogP contribution in [0.4, 0.5) is 0 Å². The number of ether oxygens (including phenoxy) is 2. The molecule has 0 spiro atoms. The maximum atomic E-state index is 12.8. The summed E-state index contributed by atoms with van der Waals surface area (Å²) in [5.74, 6) is -0.814. The number of hydrogen-bond donors (Lipinski definition) is 2. The molecule has 0 aromatic heterocycles. The third kappa shape index (κ3) is 64.5. The number of phosphoric acid groups is 1. The summed E-state index contributed by atoms with van der Waals surface area (Å²) >= 11 is 0. The highest BCUT2D eigenvalue weighted by Crippen LogP contribution is 2.43. The van der Waals surface area contributed by atoms with Crippen LogP contribution in [0.5, 0.6) is 0 Å². The number of carbonyl (C=O) groups excluding carboxylic acids is 2. The van der Waals surface area contributed by atoms with E-state index in [-0.39, 0.29) is 38.6 Å². The molecule has 0 bridgehead atoms. The van der Waals surface area contributed by atoms with E-state index in [4.69, 9.17) is 24.3 Å². The third-order valence-electron chi connectivity index (χ3n) is 14.6. The first kappa shape index (κ1) is 76.5. The molecule has 460 valence electrons. The molecule has 0 aliphatic heterocycles. The topological polar surface area (TPSA) is 134 Å². The molecule has 79 heavy (non-hydrogen) atoms. The Morgan fingerprint density at radius 2 is 0.696 bits per heavy atom. The molecule has 0 aromatic rings. The molecule has 0 amide bonds. The quantitative estimate of drug-likeness (QED) is 0.0264. The van der Waals surface area contributed by atoms with Crippen LogP contribution >= 0.6 is 7.82 Å². The lowest BCUT2D eigenvalue weighted by Gasteiger charge is -2.19. The van der Waals surface area contributed by atoms with Crippen LogP contribution in [0.1, 0.15) is 322 Å². The number of phosphoric ester groups is 1. The van der Waals surface area contributed by atoms with Gasteiger partial charge in [-0.3, -0.25) is 18.6 Å². The van der Waals surface area contributed by atoms with Crippen molar-refractivity contribution in [2.24, 2.45) is 5.73 Å². The van der Waals surface area contributed by atoms with Crippen LogP contribution in [0.25, 0.3) is 0 Å². The number of unbranched alkanes of at least 4 members (excludes halogenated alkanes) is 38. The molecule has 0 rings (SSSR count). The Morgan fingerprint density at radius 3 is 1.05 bits per heavy atom. The lowest BCUT2D eigenvalue weighted by molar-refractivity contribution is -0.161. The Labute approximate surface area is 488 Å². The number of rotatable bonds is 63. The second-order valence-electron chi connectivity index (χ2n) is 22.3. The van der Waals surface area contributed by atoms with Gasteiger partial charge in [-0.25, -0.2) is 4.57 Å². The van der Waals surface area contributed by atoms with Gasteiger partial charge in [0.05, 0.1) is 13.2 Å². The van der Waals surface area contributed by atoms with E-state index in [0.717, 1.165) is 70.6 Å². The zero-order chi connectivity index (χ0) is 57.3. The highest BCUT2D eigenvalue weighted by atomic mass is 31.2. The van der Waals surface area contributed by atoms with Crippen LogP contribution in [0.3, 0.4) is 0 Å². The maximum absolute atomic E-state index is 12.8. The number of hydrogen-bond acceptors (Lipinski definition) is 8. The number of esters is 2. The average molecular weight is 1130 g/mol. The Hall–Kier alpha value is -2.55. The number of carbonyl (C=O) groups is 2. The molecule has 0 aliphatic carbocycles. The van der Waals surface area contributed by atoms with Crippen LogP contribution in [0, 0.1) is 0 Å². The van der Waals surface area contributed by atoms with E-state index in [1.165, 1.54) is 218 Å². The first-order valence-corrected chi connectivity index (χ1v) is 34.9. The summed E-state index contributed by atoms with van der Waals surface area (Å²) in [5.41, 5.74) is 5.40. The molecular formula is C69H126NO8P. The predicted octanol–water partition coefficient (Wildman–Crippen LogP) is 21.6. The minimum atomic E-state index is -4.39. The number of nitrogens with two attached hydrogens (primary N) is 1. The highest BCUT2D eigenvalue weighted by molar-refractivity contribution is 7.47. The summed E-state index contributed by atoms with van der Waals surface area (Å²) in [4.78, 5) is 35.3. The predicted molar refractivity (Wildman–Crippen MR) is 339 cm³/mol. The maximum Gasteiger partial charge on any atom is 0.472 e. The third-order valence-corrected chi connectivity index (χ3v) is 15.6. The molecule has 0 heterocycles. The van der Waals surface area contributed by atoms with E-state index < -0.39 is 26.5 Å². The normalized spacial score (nSPS) is 13.4. The van der Waals surface area contributed by atoms with Crippen LogP contribution in [0.2, 0.25) is 0 Å². The van der Waals surface area contributed by atoms with Crippen molar-refractivity contribution >= 4 is 19.8 Å². The molecular weight excluding hydrogens is 1000 g/mol. The highest BCUT2D eigenvalue weighted by Gasteiger charge is 2.26. The van der Waals surface area contributed by atoms with Crippen LogP contribution in [0.15, 0.2) is 72.9 Å². The van der Waals surface area contributed by atoms with Crippen molar-refractivity contribution in [3.63, 3.8) is 0 Å². The number of allylic oxidation sites excluding steroid dienone is 12. The van der Waals surface area contributed by atoms with E-state index in [1.54, 1.807) is 0 Å². The molecule has 0 aliphatic rings. The van der Waals surface area contributed by atoms with Gasteiger partial charge >= 0.3 is 19.8 Å². The van der Waals surface area contributed by atoms with Gasteiger partial charge in [0.1, 0.15) is 6.61 Å². The summed E-state index contributed by atoms with van der Waals surface area (Å²) in [5, 5.41) is 0. The molecule has 0 aromatic carbocycles. The van der Waals surface area contributed by atoms with Gasteiger partial charge in [0, 0.05) is 19.4 Å². The summed E-state index contributed by atoms with van der Waals surface area (Å²) in [6.45, 7) is 3.68. The lowest BCUT2D eigenvalue weighted by Crippen LogP contribution is -2.29. The van der Waals surface area contributed by atoms with E-state index in [9.17, 15) is 19.0 Å². The van der Waals surface area contributed by atoms with Crippen LogP contribution in [-0.2, 0) is 32.7 Å². The van der Waals surface area contributed by atoms with E-state index in [1.807, 2.05) is 0 Å². The van der Waals surface area contributed by atoms with E-state index in [2.05, 4.69) is 86.8 Å². The summed E-state index contributed by atoms with van der Waals surface area (Å²) < 4.78 is 33.2. The second-order valence-corrected chi connectivity index (χ2v) is 23.8. The Kier molecular flexibility index (Phi) is 62.5. The minimum absolute atomic E-state index is 0.0533. The first-order chi connectivity index (χ1) is 38.8. The zero-order valence-corrected chi connectivity index (χ0v) is 52.5. The van der Waals surface area contributed by atoms with Crippen molar-refractivity contribution in [3.8, 4) is 0 Å². The Bertz CT molecular complexity index is 1520. The van der Waals surface area contributed by atoms with E-state index >= 15 is 0 Å². The molecule has 2 unspecified atom stereocenters. The smallest absolute Gasteiger partial charge is 0.462 e. The van der Waals surface area contributed by atoms with Gasteiger partial charge in [-0.1, -0.05) is 299 Å². The minimum Gasteiger partial charge on any atom is -0.462 e. The fraction of sp³-hybridized carbons (Fsp3) is 0.797. The summed E-state index contributed by atoms with van der Waals surface area (Å²) in [6.07, 6.45) is 84.1. The lowest BCUT2D eigenvalue weighted by atomic mass is 10.0. The van der Waals surface area contributed by atoms with Crippen molar-refractivity contribution in [2.75, 3.05) is 26.4 Å². The molecule has 0 saturated carbocycles. The van der Waals surface area contributed by atoms with Crippen molar-refractivity contribution in [1.29, 1.82) is 0 Å². The van der Waals surface area contributed by atoms with Crippen LogP contribution in [-0.4, -0.2) is 49.3 Å². The van der Waals surface area contributed by atoms with E-state index in [0.29, 0.717) is 6.42 Å². The Morgan fingerprint density at radius 1 is 0.392 bits per heavy atom. The standard InChI is InChI=1S/C69H126NO8P/c1-3-5-7-9-11-13-15-17-19-21-23-25-27-29-30-31-32-33-34-35-36-38-40-42-44-46-48-50-52-54-56-58-60-62-69(72)78-67(66-77-79(73,74)76-64-63-70)65-75-68(71)61-59-57-55-53-51-49-47-45-43-41-39-37-28-26-24-22-20-18-16-14-12-10-8-6-4-2/h5,7,11,13,17,19,22-25,29-30,67H,3-4,6,8-10,12,14-16,18,20-21,26-28,31-66,70H2,1-2H3,(H,73,74)/b7-5-,13-11-,19-17-,24-22-,25-23-,30-29-. The van der Waals surface area contributed by atoms with Gasteiger partial charge < -0.3 is 20.1 Å². The molecule has 2 atom stereocenters. The van der Waals surface area contributed by atoms with Gasteiger partial charge in [0.2, 0.25) is 0 Å². The van der Waals surface area contributed by atoms with Gasteiger partial charge in [-0.15, -0.1) is 0 Å². The SMILES string of the molecule is CC/C=C\C/C=C\C/C=C\C/C=C\C/C=C\CCCCCCCCCCCCCCCCCCCC(=O)OC(COC(=O)CCCCCCCCCCCCCCC/C=C\CCCCCCCCCC)COP(=O)(O)OCCN. The molecule has 0 fully saturated rings. The van der Waals surface area contributed by atoms with Crippen molar-refractivity contribution in [1.82, 2.24) is 0 Å². The zero-order valence-electron chi connectivity index (χ0n) is 51.6. The molecule has 10 heteroatoms. The van der Waals surface area contributed by atoms with Crippen molar-refractivity contribution in [3.05, 3.63) is 72.9 Å².